The minimum absolute atomic E-state index is 0.318. The fourth-order valence-electron chi connectivity index (χ4n) is 2.09. The molecule has 0 aliphatic heterocycles. The highest BCUT2D eigenvalue weighted by Crippen LogP contribution is 2.32. The van der Waals surface area contributed by atoms with Gasteiger partial charge in [0.05, 0.1) is 5.69 Å². The second-order valence-corrected chi connectivity index (χ2v) is 5.60. The van der Waals surface area contributed by atoms with Crippen LogP contribution in [0.15, 0.2) is 18.2 Å². The van der Waals surface area contributed by atoms with Crippen LogP contribution in [0.25, 0.3) is 0 Å². The van der Waals surface area contributed by atoms with Crippen molar-refractivity contribution in [2.75, 3.05) is 0 Å². The van der Waals surface area contributed by atoms with Crippen LogP contribution in [0.5, 0.6) is 0 Å². The third kappa shape index (κ3) is 2.90. The van der Waals surface area contributed by atoms with E-state index in [0.29, 0.717) is 21.6 Å². The van der Waals surface area contributed by atoms with E-state index in [4.69, 9.17) is 40.5 Å². The van der Waals surface area contributed by atoms with E-state index >= 15 is 0 Å². The molecule has 102 valence electrons. The van der Waals surface area contributed by atoms with Gasteiger partial charge in [-0.05, 0) is 25.5 Å². The molecule has 6 heteroatoms. The maximum atomic E-state index is 6.21. The van der Waals surface area contributed by atoms with Crippen molar-refractivity contribution in [2.45, 2.75) is 19.4 Å². The van der Waals surface area contributed by atoms with Gasteiger partial charge >= 0.3 is 0 Å². The molecule has 0 spiro atoms. The molecule has 2 aromatic rings. The number of halogens is 3. The van der Waals surface area contributed by atoms with E-state index in [2.05, 4.69) is 5.10 Å². The first-order chi connectivity index (χ1) is 8.91. The predicted molar refractivity (Wildman–Crippen MR) is 80.0 cm³/mol. The second kappa shape index (κ2) is 5.71. The SMILES string of the molecule is Cc1nn(C)c(Cl)c1CC(N)c1c(Cl)cccc1Cl. The lowest BCUT2D eigenvalue weighted by molar-refractivity contribution is 0.718. The molecule has 0 bridgehead atoms. The van der Waals surface area contributed by atoms with Crippen LogP contribution in [0.2, 0.25) is 15.2 Å². The molecule has 0 saturated heterocycles. The summed E-state index contributed by atoms with van der Waals surface area (Å²) in [4.78, 5) is 0. The van der Waals surface area contributed by atoms with Crippen molar-refractivity contribution < 1.29 is 0 Å². The Bertz CT molecular complexity index is 587. The molecule has 2 rings (SSSR count). The molecule has 19 heavy (non-hydrogen) atoms. The van der Waals surface area contributed by atoms with Gasteiger partial charge in [0.1, 0.15) is 5.15 Å². The van der Waals surface area contributed by atoms with Gasteiger partial charge in [0.15, 0.2) is 0 Å². The second-order valence-electron chi connectivity index (χ2n) is 4.42. The van der Waals surface area contributed by atoms with Crippen molar-refractivity contribution in [3.8, 4) is 0 Å². The topological polar surface area (TPSA) is 43.8 Å². The summed E-state index contributed by atoms with van der Waals surface area (Å²) in [7, 11) is 1.80. The van der Waals surface area contributed by atoms with Crippen molar-refractivity contribution in [2.24, 2.45) is 12.8 Å². The minimum Gasteiger partial charge on any atom is -0.324 e. The van der Waals surface area contributed by atoms with E-state index < -0.39 is 0 Å². The largest absolute Gasteiger partial charge is 0.324 e. The molecular formula is C13H14Cl3N3. The Hall–Kier alpha value is -0.740. The predicted octanol–water partition coefficient (Wildman–Crippen LogP) is 3.93. The summed E-state index contributed by atoms with van der Waals surface area (Å²) in [5, 5.41) is 5.99. The van der Waals surface area contributed by atoms with Crippen molar-refractivity contribution in [1.82, 2.24) is 9.78 Å². The summed E-state index contributed by atoms with van der Waals surface area (Å²) < 4.78 is 1.63. The van der Waals surface area contributed by atoms with Crippen LogP contribution < -0.4 is 5.73 Å². The monoisotopic (exact) mass is 317 g/mol. The Morgan fingerprint density at radius 3 is 2.32 bits per heavy atom. The zero-order chi connectivity index (χ0) is 14.2. The Morgan fingerprint density at radius 2 is 1.84 bits per heavy atom. The van der Waals surface area contributed by atoms with Crippen LogP contribution in [0.4, 0.5) is 0 Å². The summed E-state index contributed by atoms with van der Waals surface area (Å²) in [5.74, 6) is 0. The lowest BCUT2D eigenvalue weighted by Crippen LogP contribution is -2.15. The van der Waals surface area contributed by atoms with E-state index in [1.165, 1.54) is 0 Å². The van der Waals surface area contributed by atoms with Crippen LogP contribution >= 0.6 is 34.8 Å². The lowest BCUT2D eigenvalue weighted by atomic mass is 10.00. The summed E-state index contributed by atoms with van der Waals surface area (Å²) in [6.07, 6.45) is 0.544. The molecule has 0 aliphatic carbocycles. The third-order valence-corrected chi connectivity index (χ3v) is 4.20. The Morgan fingerprint density at radius 1 is 1.26 bits per heavy atom. The lowest BCUT2D eigenvalue weighted by Gasteiger charge is -2.15. The zero-order valence-electron chi connectivity index (χ0n) is 10.6. The van der Waals surface area contributed by atoms with Gasteiger partial charge in [-0.1, -0.05) is 40.9 Å². The van der Waals surface area contributed by atoms with E-state index in [1.807, 2.05) is 6.92 Å². The molecule has 0 aliphatic rings. The van der Waals surface area contributed by atoms with Gasteiger partial charge < -0.3 is 5.73 Å². The number of aromatic nitrogens is 2. The molecular weight excluding hydrogens is 305 g/mol. The van der Waals surface area contributed by atoms with Crippen LogP contribution in [0.3, 0.4) is 0 Å². The highest BCUT2D eigenvalue weighted by Gasteiger charge is 2.19. The van der Waals surface area contributed by atoms with Gasteiger partial charge in [-0.3, -0.25) is 4.68 Å². The minimum atomic E-state index is -0.318. The molecule has 1 aromatic carbocycles. The number of hydrogen-bond donors (Lipinski definition) is 1. The number of nitrogens with zero attached hydrogens (tertiary/aromatic N) is 2. The first kappa shape index (κ1) is 14.7. The molecule has 0 amide bonds. The number of rotatable bonds is 3. The molecule has 0 radical (unpaired) electrons. The van der Waals surface area contributed by atoms with Crippen molar-refractivity contribution in [1.29, 1.82) is 0 Å². The average Bonchev–Trinajstić information content (AvgIpc) is 2.56. The third-order valence-electron chi connectivity index (χ3n) is 3.06. The standard InChI is InChI=1S/C13H14Cl3N3/c1-7-8(13(16)19(2)18-7)6-11(17)12-9(14)4-3-5-10(12)15/h3-5,11H,6,17H2,1-2H3. The van der Waals surface area contributed by atoms with Gasteiger partial charge in [-0.25, -0.2) is 0 Å². The molecule has 1 atom stereocenters. The smallest absolute Gasteiger partial charge is 0.130 e. The summed E-state index contributed by atoms with van der Waals surface area (Å²) in [5.41, 5.74) is 8.74. The highest BCUT2D eigenvalue weighted by molar-refractivity contribution is 6.36. The summed E-state index contributed by atoms with van der Waals surface area (Å²) >= 11 is 18.5. The van der Waals surface area contributed by atoms with Crippen LogP contribution in [-0.4, -0.2) is 9.78 Å². The van der Waals surface area contributed by atoms with Gasteiger partial charge in [0.2, 0.25) is 0 Å². The van der Waals surface area contributed by atoms with Crippen molar-refractivity contribution >= 4 is 34.8 Å². The van der Waals surface area contributed by atoms with Crippen molar-refractivity contribution in [3.63, 3.8) is 0 Å². The highest BCUT2D eigenvalue weighted by atomic mass is 35.5. The molecule has 1 aromatic heterocycles. The van der Waals surface area contributed by atoms with Gasteiger partial charge in [-0.15, -0.1) is 0 Å². The Balaban J connectivity index is 2.33. The molecule has 1 unspecified atom stereocenters. The van der Waals surface area contributed by atoms with Crippen LogP contribution in [0, 0.1) is 6.92 Å². The summed E-state index contributed by atoms with van der Waals surface area (Å²) in [6.45, 7) is 1.90. The first-order valence-electron chi connectivity index (χ1n) is 5.79. The first-order valence-corrected chi connectivity index (χ1v) is 6.92. The molecule has 2 N–H and O–H groups in total. The zero-order valence-corrected chi connectivity index (χ0v) is 12.9. The fourth-order valence-corrected chi connectivity index (χ4v) is 3.02. The average molecular weight is 319 g/mol. The number of nitrogens with two attached hydrogens (primary N) is 1. The molecule has 1 heterocycles. The Labute approximate surface area is 127 Å². The number of hydrogen-bond acceptors (Lipinski definition) is 2. The Kier molecular flexibility index (Phi) is 4.41. The molecule has 3 nitrogen and oxygen atoms in total. The molecule has 0 saturated carbocycles. The maximum absolute atomic E-state index is 6.21. The van der Waals surface area contributed by atoms with Gasteiger partial charge in [0.25, 0.3) is 0 Å². The maximum Gasteiger partial charge on any atom is 0.130 e. The van der Waals surface area contributed by atoms with Gasteiger partial charge in [0, 0.05) is 34.3 Å². The van der Waals surface area contributed by atoms with E-state index in [9.17, 15) is 0 Å². The van der Waals surface area contributed by atoms with Crippen LogP contribution in [-0.2, 0) is 13.5 Å². The normalized spacial score (nSPS) is 12.7. The van der Waals surface area contributed by atoms with E-state index in [1.54, 1.807) is 29.9 Å². The molecule has 0 fully saturated rings. The van der Waals surface area contributed by atoms with E-state index in [0.717, 1.165) is 16.8 Å². The number of benzene rings is 1. The van der Waals surface area contributed by atoms with Crippen molar-refractivity contribution in [3.05, 3.63) is 50.2 Å². The van der Waals surface area contributed by atoms with Crippen LogP contribution in [0.1, 0.15) is 22.9 Å². The number of aryl methyl sites for hydroxylation is 2. The van der Waals surface area contributed by atoms with E-state index in [-0.39, 0.29) is 6.04 Å². The summed E-state index contributed by atoms with van der Waals surface area (Å²) in [6, 6.07) is 5.03. The van der Waals surface area contributed by atoms with Gasteiger partial charge in [-0.2, -0.15) is 5.10 Å². The fraction of sp³-hybridized carbons (Fsp3) is 0.308. The quantitative estimate of drug-likeness (QED) is 0.932.